The molecule has 0 saturated carbocycles. The SMILES string of the molecule is CCOC(=O)C1=C(/C=C/c2cccs2)N(C(=O)c2ccccc2)N2CCc3ccccc3C12. The number of hydrogen-bond acceptors (Lipinski definition) is 5. The van der Waals surface area contributed by atoms with Crippen molar-refractivity contribution >= 4 is 29.3 Å². The molecule has 0 N–H and O–H groups in total. The number of rotatable bonds is 5. The number of carbonyl (C=O) groups is 2. The van der Waals surface area contributed by atoms with Gasteiger partial charge < -0.3 is 4.74 Å². The van der Waals surface area contributed by atoms with Crippen LogP contribution in [0.25, 0.3) is 6.08 Å². The van der Waals surface area contributed by atoms with Gasteiger partial charge in [0.15, 0.2) is 0 Å². The van der Waals surface area contributed by atoms with Crippen LogP contribution in [0.5, 0.6) is 0 Å². The number of nitrogens with zero attached hydrogens (tertiary/aromatic N) is 2. The van der Waals surface area contributed by atoms with Crippen molar-refractivity contribution in [3.05, 3.63) is 111 Å². The average Bonchev–Trinajstić information content (AvgIpc) is 3.49. The molecule has 5 nitrogen and oxygen atoms in total. The molecular weight excluding hydrogens is 432 g/mol. The molecule has 0 saturated heterocycles. The minimum atomic E-state index is -0.390. The number of thiophene rings is 1. The van der Waals surface area contributed by atoms with Gasteiger partial charge in [0.05, 0.1) is 23.9 Å². The summed E-state index contributed by atoms with van der Waals surface area (Å²) < 4.78 is 5.50. The maximum atomic E-state index is 13.8. The number of allylic oxidation sites excluding steroid dienone is 1. The Bertz CT molecular complexity index is 1230. The van der Waals surface area contributed by atoms with E-state index in [2.05, 4.69) is 6.07 Å². The van der Waals surface area contributed by atoms with E-state index in [1.54, 1.807) is 35.4 Å². The standard InChI is InChI=1S/C27H24N2O3S/c1-2-32-27(31)24-23(15-14-21-12-8-18-33-21)29(26(30)20-10-4-3-5-11-20)28-17-16-19-9-6-7-13-22(19)25(24)28/h3-15,18,25H,2,16-17H2,1H3/b15-14+. The van der Waals surface area contributed by atoms with Crippen molar-refractivity contribution in [1.82, 2.24) is 10.0 Å². The Morgan fingerprint density at radius 3 is 2.58 bits per heavy atom. The van der Waals surface area contributed by atoms with Gasteiger partial charge in [-0.05, 0) is 60.2 Å². The Hall–Kier alpha value is -3.48. The van der Waals surface area contributed by atoms with Crippen LogP contribution in [-0.4, -0.2) is 35.0 Å². The second kappa shape index (κ2) is 9.17. The first-order chi connectivity index (χ1) is 16.2. The summed E-state index contributed by atoms with van der Waals surface area (Å²) in [7, 11) is 0. The summed E-state index contributed by atoms with van der Waals surface area (Å²) in [5.74, 6) is -0.552. The number of fused-ring (bicyclic) bond motifs is 3. The van der Waals surface area contributed by atoms with Crippen LogP contribution in [0.4, 0.5) is 0 Å². The van der Waals surface area contributed by atoms with E-state index in [9.17, 15) is 9.59 Å². The van der Waals surface area contributed by atoms with Gasteiger partial charge in [-0.15, -0.1) is 11.3 Å². The fourth-order valence-electron chi connectivity index (χ4n) is 4.53. The van der Waals surface area contributed by atoms with Crippen molar-refractivity contribution in [1.29, 1.82) is 0 Å². The number of hydrogen-bond donors (Lipinski definition) is 0. The van der Waals surface area contributed by atoms with E-state index < -0.39 is 5.97 Å². The van der Waals surface area contributed by atoms with Gasteiger partial charge in [0, 0.05) is 17.0 Å². The molecule has 0 aliphatic carbocycles. The highest BCUT2D eigenvalue weighted by Gasteiger charge is 2.47. The fraction of sp³-hybridized carbons (Fsp3) is 0.185. The molecule has 2 aromatic carbocycles. The number of esters is 1. The summed E-state index contributed by atoms with van der Waals surface area (Å²) in [6.45, 7) is 2.69. The summed E-state index contributed by atoms with van der Waals surface area (Å²) in [6, 6.07) is 20.9. The first-order valence-corrected chi connectivity index (χ1v) is 11.9. The van der Waals surface area contributed by atoms with E-state index in [1.165, 1.54) is 5.56 Å². The summed E-state index contributed by atoms with van der Waals surface area (Å²) in [5.41, 5.74) is 3.87. The smallest absolute Gasteiger partial charge is 0.338 e. The molecule has 1 aromatic heterocycles. The van der Waals surface area contributed by atoms with Crippen LogP contribution in [0.15, 0.2) is 89.5 Å². The van der Waals surface area contributed by atoms with Crippen molar-refractivity contribution in [2.45, 2.75) is 19.4 Å². The Labute approximate surface area is 197 Å². The Morgan fingerprint density at radius 1 is 1.03 bits per heavy atom. The maximum absolute atomic E-state index is 13.8. The van der Waals surface area contributed by atoms with Gasteiger partial charge in [0.1, 0.15) is 0 Å². The first kappa shape index (κ1) is 21.4. The van der Waals surface area contributed by atoms with Gasteiger partial charge in [0.25, 0.3) is 5.91 Å². The van der Waals surface area contributed by atoms with E-state index in [1.807, 2.05) is 71.1 Å². The van der Waals surface area contributed by atoms with Gasteiger partial charge in [-0.2, -0.15) is 0 Å². The van der Waals surface area contributed by atoms with Crippen LogP contribution in [-0.2, 0) is 16.0 Å². The van der Waals surface area contributed by atoms with Crippen molar-refractivity contribution in [2.75, 3.05) is 13.2 Å². The number of ether oxygens (including phenoxy) is 1. The topological polar surface area (TPSA) is 49.9 Å². The summed E-state index contributed by atoms with van der Waals surface area (Å²) in [5, 5.41) is 5.69. The molecule has 0 fully saturated rings. The molecule has 5 rings (SSSR count). The van der Waals surface area contributed by atoms with Crippen LogP contribution in [0, 0.1) is 0 Å². The second-order valence-electron chi connectivity index (χ2n) is 7.87. The lowest BCUT2D eigenvalue weighted by Gasteiger charge is -2.38. The van der Waals surface area contributed by atoms with Crippen molar-refractivity contribution in [3.8, 4) is 0 Å². The fourth-order valence-corrected chi connectivity index (χ4v) is 5.15. The minimum Gasteiger partial charge on any atom is -0.463 e. The molecule has 1 unspecified atom stereocenters. The lowest BCUT2D eigenvalue weighted by molar-refractivity contribution is -0.139. The Kier molecular flexibility index (Phi) is 5.94. The van der Waals surface area contributed by atoms with Crippen LogP contribution in [0.1, 0.15) is 39.3 Å². The summed E-state index contributed by atoms with van der Waals surface area (Å²) in [4.78, 5) is 28.1. The molecule has 1 atom stereocenters. The van der Waals surface area contributed by atoms with E-state index >= 15 is 0 Å². The highest BCUT2D eigenvalue weighted by Crippen LogP contribution is 2.45. The van der Waals surface area contributed by atoms with E-state index in [-0.39, 0.29) is 18.6 Å². The predicted molar refractivity (Wildman–Crippen MR) is 129 cm³/mol. The lowest BCUT2D eigenvalue weighted by Crippen LogP contribution is -2.46. The molecule has 0 radical (unpaired) electrons. The molecule has 0 spiro atoms. The molecule has 6 heteroatoms. The highest BCUT2D eigenvalue weighted by atomic mass is 32.1. The second-order valence-corrected chi connectivity index (χ2v) is 8.84. The molecular formula is C27H24N2O3S. The molecule has 166 valence electrons. The largest absolute Gasteiger partial charge is 0.463 e. The van der Waals surface area contributed by atoms with E-state index in [4.69, 9.17) is 4.74 Å². The van der Waals surface area contributed by atoms with Gasteiger partial charge in [-0.1, -0.05) is 48.5 Å². The third kappa shape index (κ3) is 3.92. The van der Waals surface area contributed by atoms with Crippen LogP contribution < -0.4 is 0 Å². The number of amides is 1. The van der Waals surface area contributed by atoms with E-state index in [0.717, 1.165) is 16.9 Å². The molecule has 3 aromatic rings. The summed E-state index contributed by atoms with van der Waals surface area (Å²) >= 11 is 1.60. The predicted octanol–water partition coefficient (Wildman–Crippen LogP) is 5.25. The zero-order valence-corrected chi connectivity index (χ0v) is 19.1. The van der Waals surface area contributed by atoms with Gasteiger partial charge in [-0.3, -0.25) is 4.79 Å². The number of benzene rings is 2. The molecule has 3 heterocycles. The van der Waals surface area contributed by atoms with Crippen molar-refractivity contribution in [2.24, 2.45) is 0 Å². The number of carbonyl (C=O) groups excluding carboxylic acids is 2. The van der Waals surface area contributed by atoms with Crippen molar-refractivity contribution in [3.63, 3.8) is 0 Å². The molecule has 2 aliphatic heterocycles. The average molecular weight is 457 g/mol. The summed E-state index contributed by atoms with van der Waals surface area (Å²) in [6.07, 6.45) is 4.62. The molecule has 1 amide bonds. The first-order valence-electron chi connectivity index (χ1n) is 11.1. The minimum absolute atomic E-state index is 0.162. The van der Waals surface area contributed by atoms with E-state index in [0.29, 0.717) is 23.4 Å². The molecule has 33 heavy (non-hydrogen) atoms. The van der Waals surface area contributed by atoms with Crippen LogP contribution >= 0.6 is 11.3 Å². The lowest BCUT2D eigenvalue weighted by atomic mass is 9.89. The maximum Gasteiger partial charge on any atom is 0.338 e. The Balaban J connectivity index is 1.69. The molecule has 2 aliphatic rings. The van der Waals surface area contributed by atoms with Gasteiger partial charge in [-0.25, -0.2) is 14.8 Å². The van der Waals surface area contributed by atoms with Crippen LogP contribution in [0.2, 0.25) is 0 Å². The normalized spacial score (nSPS) is 17.8. The third-order valence-electron chi connectivity index (χ3n) is 5.95. The number of hydrazine groups is 1. The zero-order chi connectivity index (χ0) is 22.8. The van der Waals surface area contributed by atoms with Gasteiger partial charge >= 0.3 is 5.97 Å². The Morgan fingerprint density at radius 2 is 1.82 bits per heavy atom. The quantitative estimate of drug-likeness (QED) is 0.492. The highest BCUT2D eigenvalue weighted by molar-refractivity contribution is 7.10. The van der Waals surface area contributed by atoms with Gasteiger partial charge in [0.2, 0.25) is 0 Å². The monoisotopic (exact) mass is 456 g/mol. The van der Waals surface area contributed by atoms with Crippen molar-refractivity contribution < 1.29 is 14.3 Å². The van der Waals surface area contributed by atoms with Crippen LogP contribution in [0.3, 0.4) is 0 Å². The molecule has 0 bridgehead atoms. The zero-order valence-electron chi connectivity index (χ0n) is 18.3. The third-order valence-corrected chi connectivity index (χ3v) is 6.79.